The topological polar surface area (TPSA) is 49.9 Å². The minimum atomic E-state index is -0.393. The van der Waals surface area contributed by atoms with Crippen LogP contribution in [0.2, 0.25) is 0 Å². The van der Waals surface area contributed by atoms with Crippen LogP contribution in [-0.2, 0) is 9.53 Å². The van der Waals surface area contributed by atoms with E-state index in [-0.39, 0.29) is 6.03 Å². The molecule has 128 valence electrons. The zero-order valence-electron chi connectivity index (χ0n) is 14.1. The van der Waals surface area contributed by atoms with Gasteiger partial charge in [-0.1, -0.05) is 36.4 Å². The van der Waals surface area contributed by atoms with Crippen molar-refractivity contribution in [3.05, 3.63) is 66.2 Å². The number of esters is 1. The maximum Gasteiger partial charge on any atom is 0.330 e. The molecule has 1 fully saturated rings. The van der Waals surface area contributed by atoms with Crippen LogP contribution in [0.15, 0.2) is 60.7 Å². The van der Waals surface area contributed by atoms with Gasteiger partial charge in [0.05, 0.1) is 12.3 Å². The van der Waals surface area contributed by atoms with Crippen LogP contribution in [0.3, 0.4) is 0 Å². The van der Waals surface area contributed by atoms with Crippen LogP contribution in [0.4, 0.5) is 16.2 Å². The van der Waals surface area contributed by atoms with Crippen molar-refractivity contribution >= 4 is 29.5 Å². The smallest absolute Gasteiger partial charge is 0.330 e. The van der Waals surface area contributed by atoms with E-state index in [4.69, 9.17) is 4.74 Å². The summed E-state index contributed by atoms with van der Waals surface area (Å²) in [6.45, 7) is 3.32. The van der Waals surface area contributed by atoms with E-state index in [1.54, 1.807) is 22.8 Å². The summed E-state index contributed by atoms with van der Waals surface area (Å²) in [6.07, 6.45) is 3.07. The van der Waals surface area contributed by atoms with Gasteiger partial charge in [-0.05, 0) is 36.8 Å². The molecule has 1 aliphatic rings. The maximum atomic E-state index is 12.8. The SMILES string of the molecule is CCOC(=O)/C=C/c1ccccc1N1CCN(c2ccccc2)C1=O. The van der Waals surface area contributed by atoms with Crippen molar-refractivity contribution in [1.82, 2.24) is 0 Å². The second-order valence-electron chi connectivity index (χ2n) is 5.57. The Balaban J connectivity index is 1.83. The van der Waals surface area contributed by atoms with E-state index in [9.17, 15) is 9.59 Å². The summed E-state index contributed by atoms with van der Waals surface area (Å²) in [7, 11) is 0. The van der Waals surface area contributed by atoms with Gasteiger partial charge >= 0.3 is 12.0 Å². The van der Waals surface area contributed by atoms with Crippen molar-refractivity contribution in [3.8, 4) is 0 Å². The highest BCUT2D eigenvalue weighted by Gasteiger charge is 2.31. The van der Waals surface area contributed by atoms with Crippen molar-refractivity contribution < 1.29 is 14.3 Å². The van der Waals surface area contributed by atoms with Gasteiger partial charge in [-0.2, -0.15) is 0 Å². The fourth-order valence-corrected chi connectivity index (χ4v) is 2.83. The molecule has 0 atom stereocenters. The van der Waals surface area contributed by atoms with Gasteiger partial charge in [-0.15, -0.1) is 0 Å². The van der Waals surface area contributed by atoms with Crippen LogP contribution in [0.25, 0.3) is 6.08 Å². The number of nitrogens with zero attached hydrogens (tertiary/aromatic N) is 2. The number of carbonyl (C=O) groups excluding carboxylic acids is 2. The lowest BCUT2D eigenvalue weighted by Gasteiger charge is -2.20. The Morgan fingerprint density at radius 3 is 2.48 bits per heavy atom. The molecule has 25 heavy (non-hydrogen) atoms. The molecule has 0 N–H and O–H groups in total. The van der Waals surface area contributed by atoms with Gasteiger partial charge in [-0.3, -0.25) is 9.80 Å². The van der Waals surface area contributed by atoms with E-state index in [1.807, 2.05) is 54.6 Å². The normalized spacial score (nSPS) is 14.4. The molecule has 5 heteroatoms. The molecule has 5 nitrogen and oxygen atoms in total. The maximum absolute atomic E-state index is 12.8. The second-order valence-corrected chi connectivity index (χ2v) is 5.57. The highest BCUT2D eigenvalue weighted by atomic mass is 16.5. The van der Waals surface area contributed by atoms with Crippen molar-refractivity contribution in [1.29, 1.82) is 0 Å². The summed E-state index contributed by atoms with van der Waals surface area (Å²) in [5.41, 5.74) is 2.47. The van der Waals surface area contributed by atoms with Gasteiger partial charge in [0.25, 0.3) is 0 Å². The first kappa shape index (κ1) is 16.8. The molecule has 0 unspecified atom stereocenters. The Hall–Kier alpha value is -3.08. The fraction of sp³-hybridized carbons (Fsp3) is 0.200. The van der Waals surface area contributed by atoms with Crippen LogP contribution >= 0.6 is 0 Å². The first-order valence-corrected chi connectivity index (χ1v) is 8.28. The highest BCUT2D eigenvalue weighted by Crippen LogP contribution is 2.28. The first-order chi connectivity index (χ1) is 12.2. The largest absolute Gasteiger partial charge is 0.463 e. The number of carbonyl (C=O) groups is 2. The molecular weight excluding hydrogens is 316 g/mol. The van der Waals surface area contributed by atoms with E-state index in [1.165, 1.54) is 6.08 Å². The van der Waals surface area contributed by atoms with Crippen molar-refractivity contribution in [3.63, 3.8) is 0 Å². The Bertz CT molecular complexity index is 787. The number of amides is 2. The fourth-order valence-electron chi connectivity index (χ4n) is 2.83. The molecule has 2 aromatic carbocycles. The lowest BCUT2D eigenvalue weighted by Crippen LogP contribution is -2.32. The summed E-state index contributed by atoms with van der Waals surface area (Å²) in [6, 6.07) is 17.1. The number of para-hydroxylation sites is 2. The van der Waals surface area contributed by atoms with Gasteiger partial charge in [0.1, 0.15) is 0 Å². The number of anilines is 2. The third kappa shape index (κ3) is 3.71. The molecule has 2 amide bonds. The van der Waals surface area contributed by atoms with Crippen LogP contribution in [0, 0.1) is 0 Å². The molecule has 1 heterocycles. The molecule has 2 aromatic rings. The second kappa shape index (κ2) is 7.66. The van der Waals surface area contributed by atoms with Gasteiger partial charge < -0.3 is 4.74 Å². The predicted octanol–water partition coefficient (Wildman–Crippen LogP) is 3.71. The minimum absolute atomic E-state index is 0.0665. The molecule has 1 aliphatic heterocycles. The van der Waals surface area contributed by atoms with E-state index in [0.29, 0.717) is 19.7 Å². The zero-order valence-corrected chi connectivity index (χ0v) is 14.1. The lowest BCUT2D eigenvalue weighted by atomic mass is 10.1. The molecule has 0 aliphatic carbocycles. The summed E-state index contributed by atoms with van der Waals surface area (Å²) >= 11 is 0. The van der Waals surface area contributed by atoms with Crippen LogP contribution < -0.4 is 9.80 Å². The van der Waals surface area contributed by atoms with Crippen molar-refractivity contribution in [2.24, 2.45) is 0 Å². The molecule has 1 saturated heterocycles. The minimum Gasteiger partial charge on any atom is -0.463 e. The average molecular weight is 336 g/mol. The van der Waals surface area contributed by atoms with Crippen molar-refractivity contribution in [2.75, 3.05) is 29.5 Å². The monoisotopic (exact) mass is 336 g/mol. The van der Waals surface area contributed by atoms with E-state index in [2.05, 4.69) is 0 Å². The average Bonchev–Trinajstić information content (AvgIpc) is 3.02. The molecule has 0 aromatic heterocycles. The molecule has 0 bridgehead atoms. The zero-order chi connectivity index (χ0) is 17.6. The summed E-state index contributed by atoms with van der Waals surface area (Å²) < 4.78 is 4.91. The summed E-state index contributed by atoms with van der Waals surface area (Å²) in [5.74, 6) is -0.393. The van der Waals surface area contributed by atoms with E-state index < -0.39 is 5.97 Å². The van der Waals surface area contributed by atoms with E-state index >= 15 is 0 Å². The Morgan fingerprint density at radius 1 is 1.04 bits per heavy atom. The molecular formula is C20H20N2O3. The molecule has 0 saturated carbocycles. The first-order valence-electron chi connectivity index (χ1n) is 8.28. The third-order valence-corrected chi connectivity index (χ3v) is 3.99. The standard InChI is InChI=1S/C20H20N2O3/c1-2-25-19(23)13-12-16-8-6-7-11-18(16)22-15-14-21(20(22)24)17-9-4-3-5-10-17/h3-13H,2,14-15H2,1H3/b13-12+. The molecule has 0 radical (unpaired) electrons. The van der Waals surface area contributed by atoms with Gasteiger partial charge in [-0.25, -0.2) is 9.59 Å². The van der Waals surface area contributed by atoms with Gasteiger partial charge in [0, 0.05) is 24.9 Å². The number of rotatable bonds is 5. The number of urea groups is 1. The Kier molecular flexibility index (Phi) is 5.14. The number of benzene rings is 2. The highest BCUT2D eigenvalue weighted by molar-refractivity contribution is 6.07. The van der Waals surface area contributed by atoms with E-state index in [0.717, 1.165) is 16.9 Å². The van der Waals surface area contributed by atoms with Crippen molar-refractivity contribution in [2.45, 2.75) is 6.92 Å². The quantitative estimate of drug-likeness (QED) is 0.618. The van der Waals surface area contributed by atoms with Gasteiger partial charge in [0.2, 0.25) is 0 Å². The Labute approximate surface area is 147 Å². The van der Waals surface area contributed by atoms with Crippen LogP contribution in [0.1, 0.15) is 12.5 Å². The number of hydrogen-bond donors (Lipinski definition) is 0. The van der Waals surface area contributed by atoms with Gasteiger partial charge in [0.15, 0.2) is 0 Å². The summed E-state index contributed by atoms with van der Waals surface area (Å²) in [5, 5.41) is 0. The molecule has 3 rings (SSSR count). The number of hydrogen-bond acceptors (Lipinski definition) is 3. The van der Waals surface area contributed by atoms with Crippen LogP contribution in [-0.4, -0.2) is 31.7 Å². The number of ether oxygens (including phenoxy) is 1. The predicted molar refractivity (Wildman–Crippen MR) is 98.6 cm³/mol. The van der Waals surface area contributed by atoms with Crippen LogP contribution in [0.5, 0.6) is 0 Å². The Morgan fingerprint density at radius 2 is 1.72 bits per heavy atom. The lowest BCUT2D eigenvalue weighted by molar-refractivity contribution is -0.137. The molecule has 0 spiro atoms. The summed E-state index contributed by atoms with van der Waals surface area (Å²) in [4.78, 5) is 27.9. The third-order valence-electron chi connectivity index (χ3n) is 3.99.